The smallest absolute Gasteiger partial charge is 0.265 e. The SMILES string of the molecule is CC(C)CN1/C(=C/c2ccc(O)cc2)C(=O)c2ccccc2S1(=O)=O. The maximum absolute atomic E-state index is 13.0. The van der Waals surface area contributed by atoms with Gasteiger partial charge in [-0.25, -0.2) is 8.42 Å². The number of fused-ring (bicyclic) bond motifs is 1. The van der Waals surface area contributed by atoms with Crippen LogP contribution in [0.4, 0.5) is 0 Å². The number of phenolic OH excluding ortho intramolecular Hbond substituents is 1. The molecular weight excluding hydrogens is 338 g/mol. The number of carbonyl (C=O) groups is 1. The minimum absolute atomic E-state index is 0.0449. The van der Waals surface area contributed by atoms with E-state index in [2.05, 4.69) is 0 Å². The Kier molecular flexibility index (Phi) is 4.39. The Balaban J connectivity index is 2.21. The third-order valence-electron chi connectivity index (χ3n) is 3.93. The monoisotopic (exact) mass is 357 g/mol. The van der Waals surface area contributed by atoms with Crippen LogP contribution in [0.5, 0.6) is 5.75 Å². The standard InChI is InChI=1S/C19H19NO4S/c1-13(2)12-20-17(11-14-7-9-15(21)10-8-14)19(22)16-5-3-4-6-18(16)25(20,23)24/h3-11,13,21H,12H2,1-2H3/b17-11+. The summed E-state index contributed by atoms with van der Waals surface area (Å²) in [6.07, 6.45) is 1.55. The van der Waals surface area contributed by atoms with E-state index in [9.17, 15) is 18.3 Å². The van der Waals surface area contributed by atoms with Gasteiger partial charge in [0.1, 0.15) is 11.4 Å². The number of hydrogen-bond donors (Lipinski definition) is 1. The van der Waals surface area contributed by atoms with Gasteiger partial charge in [0.2, 0.25) is 5.78 Å². The normalized spacial score (nSPS) is 17.8. The van der Waals surface area contributed by atoms with Crippen molar-refractivity contribution in [3.8, 4) is 5.75 Å². The number of rotatable bonds is 3. The first-order valence-electron chi connectivity index (χ1n) is 7.98. The molecule has 0 amide bonds. The number of sulfonamides is 1. The fourth-order valence-electron chi connectivity index (χ4n) is 2.77. The van der Waals surface area contributed by atoms with Crippen molar-refractivity contribution in [2.45, 2.75) is 18.7 Å². The third kappa shape index (κ3) is 3.17. The van der Waals surface area contributed by atoms with Gasteiger partial charge in [-0.15, -0.1) is 0 Å². The predicted molar refractivity (Wildman–Crippen MR) is 95.6 cm³/mol. The van der Waals surface area contributed by atoms with Gasteiger partial charge in [0, 0.05) is 12.1 Å². The fraction of sp³-hybridized carbons (Fsp3) is 0.211. The Morgan fingerprint density at radius 3 is 2.36 bits per heavy atom. The van der Waals surface area contributed by atoms with Crippen LogP contribution in [0.2, 0.25) is 0 Å². The molecule has 2 aromatic rings. The molecule has 1 N–H and O–H groups in total. The van der Waals surface area contributed by atoms with Gasteiger partial charge in [-0.1, -0.05) is 38.1 Å². The number of Topliss-reactive ketones (excluding diaryl/α,β-unsaturated/α-hetero) is 1. The van der Waals surface area contributed by atoms with Crippen molar-refractivity contribution < 1.29 is 18.3 Å². The summed E-state index contributed by atoms with van der Waals surface area (Å²) in [4.78, 5) is 13.0. The van der Waals surface area contributed by atoms with Gasteiger partial charge >= 0.3 is 0 Å². The van der Waals surface area contributed by atoms with Crippen LogP contribution in [0.3, 0.4) is 0 Å². The number of carbonyl (C=O) groups excluding carboxylic acids is 1. The average Bonchev–Trinajstić information content (AvgIpc) is 2.58. The number of hydrogen-bond acceptors (Lipinski definition) is 4. The lowest BCUT2D eigenvalue weighted by molar-refractivity contribution is 0.1000. The van der Waals surface area contributed by atoms with Crippen molar-refractivity contribution in [2.24, 2.45) is 5.92 Å². The van der Waals surface area contributed by atoms with Crippen LogP contribution < -0.4 is 0 Å². The molecule has 6 heteroatoms. The highest BCUT2D eigenvalue weighted by molar-refractivity contribution is 7.89. The molecule has 25 heavy (non-hydrogen) atoms. The molecule has 0 aliphatic carbocycles. The van der Waals surface area contributed by atoms with Gasteiger partial charge in [-0.05, 0) is 41.8 Å². The first-order chi connectivity index (χ1) is 11.8. The molecule has 5 nitrogen and oxygen atoms in total. The van der Waals surface area contributed by atoms with Crippen molar-refractivity contribution in [3.05, 3.63) is 65.4 Å². The molecule has 0 spiro atoms. The Labute approximate surface area is 147 Å². The highest BCUT2D eigenvalue weighted by Crippen LogP contribution is 2.33. The summed E-state index contributed by atoms with van der Waals surface area (Å²) in [5.74, 6) is -0.163. The molecule has 0 saturated carbocycles. The van der Waals surface area contributed by atoms with Crippen molar-refractivity contribution >= 4 is 21.9 Å². The second-order valence-electron chi connectivity index (χ2n) is 6.38. The van der Waals surface area contributed by atoms with Crippen LogP contribution in [-0.4, -0.2) is 30.2 Å². The summed E-state index contributed by atoms with van der Waals surface area (Å²) < 4.78 is 27.3. The number of allylic oxidation sites excluding steroid dienone is 1. The van der Waals surface area contributed by atoms with Crippen LogP contribution >= 0.6 is 0 Å². The molecule has 1 heterocycles. The minimum Gasteiger partial charge on any atom is -0.508 e. The topological polar surface area (TPSA) is 74.7 Å². The molecule has 0 saturated heterocycles. The number of benzene rings is 2. The van der Waals surface area contributed by atoms with Gasteiger partial charge < -0.3 is 5.11 Å². The van der Waals surface area contributed by atoms with Gasteiger partial charge in [0.15, 0.2) is 0 Å². The molecule has 3 rings (SSSR count). The number of ketones is 1. The first-order valence-corrected chi connectivity index (χ1v) is 9.42. The quantitative estimate of drug-likeness (QED) is 0.856. The van der Waals surface area contributed by atoms with Crippen molar-refractivity contribution in [1.29, 1.82) is 0 Å². The average molecular weight is 357 g/mol. The van der Waals surface area contributed by atoms with E-state index in [0.717, 1.165) is 0 Å². The maximum atomic E-state index is 13.0. The van der Waals surface area contributed by atoms with E-state index in [1.54, 1.807) is 30.3 Å². The van der Waals surface area contributed by atoms with Gasteiger partial charge in [-0.3, -0.25) is 9.10 Å². The Hall–Kier alpha value is -2.60. The summed E-state index contributed by atoms with van der Waals surface area (Å²) in [5.41, 5.74) is 0.954. The summed E-state index contributed by atoms with van der Waals surface area (Å²) in [6.45, 7) is 4.02. The van der Waals surface area contributed by atoms with Gasteiger partial charge in [-0.2, -0.15) is 0 Å². The summed E-state index contributed by atoms with van der Waals surface area (Å²) in [5, 5.41) is 9.40. The van der Waals surface area contributed by atoms with Crippen LogP contribution in [0.15, 0.2) is 59.1 Å². The summed E-state index contributed by atoms with van der Waals surface area (Å²) >= 11 is 0. The molecule has 1 aliphatic heterocycles. The number of nitrogens with zero attached hydrogens (tertiary/aromatic N) is 1. The summed E-state index contributed by atoms with van der Waals surface area (Å²) in [7, 11) is -3.79. The molecule has 0 unspecified atom stereocenters. The van der Waals surface area contributed by atoms with E-state index in [4.69, 9.17) is 0 Å². The highest BCUT2D eigenvalue weighted by Gasteiger charge is 2.39. The second kappa shape index (κ2) is 6.37. The fourth-order valence-corrected chi connectivity index (χ4v) is 4.59. The molecule has 0 bridgehead atoms. The molecule has 130 valence electrons. The van der Waals surface area contributed by atoms with E-state index in [1.807, 2.05) is 13.8 Å². The lowest BCUT2D eigenvalue weighted by Crippen LogP contribution is -2.40. The molecule has 2 aromatic carbocycles. The van der Waals surface area contributed by atoms with E-state index in [-0.39, 0.29) is 40.2 Å². The van der Waals surface area contributed by atoms with Crippen molar-refractivity contribution in [1.82, 2.24) is 4.31 Å². The van der Waals surface area contributed by atoms with Gasteiger partial charge in [0.25, 0.3) is 10.0 Å². The lowest BCUT2D eigenvalue weighted by atomic mass is 10.0. The molecule has 0 radical (unpaired) electrons. The zero-order valence-corrected chi connectivity index (χ0v) is 14.8. The predicted octanol–water partition coefficient (Wildman–Crippen LogP) is 3.28. The zero-order chi connectivity index (χ0) is 18.2. The number of phenols is 1. The van der Waals surface area contributed by atoms with E-state index >= 15 is 0 Å². The van der Waals surface area contributed by atoms with E-state index in [0.29, 0.717) is 5.56 Å². The van der Waals surface area contributed by atoms with Gasteiger partial charge in [0.05, 0.1) is 4.90 Å². The Morgan fingerprint density at radius 2 is 1.72 bits per heavy atom. The molecule has 0 atom stereocenters. The molecule has 0 aromatic heterocycles. The number of aromatic hydroxyl groups is 1. The van der Waals surface area contributed by atoms with Crippen LogP contribution in [0.25, 0.3) is 6.08 Å². The van der Waals surface area contributed by atoms with Crippen molar-refractivity contribution in [2.75, 3.05) is 6.54 Å². The highest BCUT2D eigenvalue weighted by atomic mass is 32.2. The summed E-state index contributed by atoms with van der Waals surface area (Å²) in [6, 6.07) is 12.5. The zero-order valence-electron chi connectivity index (χ0n) is 14.0. The molecular formula is C19H19NO4S. The Bertz CT molecular complexity index is 944. The van der Waals surface area contributed by atoms with E-state index in [1.165, 1.54) is 28.6 Å². The molecule has 0 fully saturated rings. The second-order valence-corrected chi connectivity index (χ2v) is 8.21. The lowest BCUT2D eigenvalue weighted by Gasteiger charge is -2.32. The van der Waals surface area contributed by atoms with Crippen molar-refractivity contribution in [3.63, 3.8) is 0 Å². The van der Waals surface area contributed by atoms with Crippen LogP contribution in [-0.2, 0) is 10.0 Å². The molecule has 1 aliphatic rings. The Morgan fingerprint density at radius 1 is 1.08 bits per heavy atom. The largest absolute Gasteiger partial charge is 0.508 e. The minimum atomic E-state index is -3.79. The van der Waals surface area contributed by atoms with Crippen LogP contribution in [0.1, 0.15) is 29.8 Å². The first kappa shape index (κ1) is 17.2. The van der Waals surface area contributed by atoms with Crippen LogP contribution in [0, 0.1) is 5.92 Å². The maximum Gasteiger partial charge on any atom is 0.265 e. The third-order valence-corrected chi connectivity index (χ3v) is 5.77. The van der Waals surface area contributed by atoms with E-state index < -0.39 is 10.0 Å².